The summed E-state index contributed by atoms with van der Waals surface area (Å²) in [6.45, 7) is 6.69. The number of ether oxygens (including phenoxy) is 2. The Hall–Kier alpha value is -1.63. The summed E-state index contributed by atoms with van der Waals surface area (Å²) in [5.74, 6) is 1.85. The van der Waals surface area contributed by atoms with Gasteiger partial charge in [-0.05, 0) is 75.2 Å². The van der Waals surface area contributed by atoms with Crippen molar-refractivity contribution in [2.45, 2.75) is 44.1 Å². The van der Waals surface area contributed by atoms with Crippen LogP contribution in [0.15, 0.2) is 24.3 Å². The molecule has 2 aliphatic heterocycles. The zero-order chi connectivity index (χ0) is 19.9. The molecule has 3 aliphatic rings. The highest BCUT2D eigenvalue weighted by atomic mass is 16.5. The third-order valence-electron chi connectivity index (χ3n) is 6.43. The van der Waals surface area contributed by atoms with Crippen LogP contribution in [-0.2, 0) is 15.1 Å². The van der Waals surface area contributed by atoms with E-state index in [2.05, 4.69) is 27.7 Å². The highest BCUT2D eigenvalue weighted by Gasteiger charge is 2.45. The van der Waals surface area contributed by atoms with Gasteiger partial charge in [0, 0.05) is 13.1 Å². The van der Waals surface area contributed by atoms with Gasteiger partial charge in [0.2, 0.25) is 5.91 Å². The lowest BCUT2D eigenvalue weighted by molar-refractivity contribution is -0.124. The van der Waals surface area contributed by atoms with E-state index in [0.717, 1.165) is 70.4 Å². The number of amides is 1. The van der Waals surface area contributed by atoms with Crippen molar-refractivity contribution < 1.29 is 14.3 Å². The molecule has 1 unspecified atom stereocenters. The standard InChI is InChI=1S/C23H35N3O3/c27-22(18-26-12-15-28-16-13-26)25-23(9-10-23)20-5-7-21(8-6-20)29-14-2-4-19-3-1-11-24-17-19/h5-8,19,24H,1-4,9-18H2,(H,25,27). The van der Waals surface area contributed by atoms with Crippen molar-refractivity contribution in [1.82, 2.24) is 15.5 Å². The molecule has 0 radical (unpaired) electrons. The fourth-order valence-corrected chi connectivity index (χ4v) is 4.48. The molecule has 2 N–H and O–H groups in total. The van der Waals surface area contributed by atoms with E-state index in [0.29, 0.717) is 6.54 Å². The Kier molecular flexibility index (Phi) is 7.06. The third kappa shape index (κ3) is 5.93. The number of nitrogens with one attached hydrogen (secondary N) is 2. The summed E-state index contributed by atoms with van der Waals surface area (Å²) >= 11 is 0. The summed E-state index contributed by atoms with van der Waals surface area (Å²) in [5, 5.41) is 6.75. The molecule has 1 aromatic carbocycles. The highest BCUT2D eigenvalue weighted by Crippen LogP contribution is 2.45. The summed E-state index contributed by atoms with van der Waals surface area (Å²) < 4.78 is 11.3. The first-order valence-corrected chi connectivity index (χ1v) is 11.3. The number of carbonyl (C=O) groups excluding carboxylic acids is 1. The molecule has 29 heavy (non-hydrogen) atoms. The number of nitrogens with zero attached hydrogens (tertiary/aromatic N) is 1. The zero-order valence-corrected chi connectivity index (χ0v) is 17.5. The van der Waals surface area contributed by atoms with E-state index in [-0.39, 0.29) is 11.4 Å². The lowest BCUT2D eigenvalue weighted by Gasteiger charge is -2.27. The van der Waals surface area contributed by atoms with Gasteiger partial charge in [-0.1, -0.05) is 12.1 Å². The number of morpholine rings is 1. The van der Waals surface area contributed by atoms with Crippen LogP contribution in [-0.4, -0.2) is 63.4 Å². The second-order valence-corrected chi connectivity index (χ2v) is 8.75. The Morgan fingerprint density at radius 3 is 2.72 bits per heavy atom. The van der Waals surface area contributed by atoms with Crippen LogP contribution in [0.2, 0.25) is 0 Å². The molecule has 2 saturated heterocycles. The Balaban J connectivity index is 1.20. The minimum absolute atomic E-state index is 0.113. The topological polar surface area (TPSA) is 62.8 Å². The van der Waals surface area contributed by atoms with Gasteiger partial charge in [0.1, 0.15) is 5.75 Å². The number of hydrogen-bond acceptors (Lipinski definition) is 5. The van der Waals surface area contributed by atoms with Crippen LogP contribution in [0.25, 0.3) is 0 Å². The maximum absolute atomic E-state index is 12.5. The van der Waals surface area contributed by atoms with Gasteiger partial charge in [-0.2, -0.15) is 0 Å². The van der Waals surface area contributed by atoms with Crippen LogP contribution in [0.5, 0.6) is 5.75 Å². The molecular formula is C23H35N3O3. The number of hydrogen-bond donors (Lipinski definition) is 2. The summed E-state index contributed by atoms with van der Waals surface area (Å²) in [5.41, 5.74) is 1.02. The quantitative estimate of drug-likeness (QED) is 0.622. The van der Waals surface area contributed by atoms with Crippen LogP contribution in [0.1, 0.15) is 44.1 Å². The molecule has 3 fully saturated rings. The van der Waals surface area contributed by atoms with Crippen LogP contribution in [0.3, 0.4) is 0 Å². The Morgan fingerprint density at radius 2 is 2.03 bits per heavy atom. The summed E-state index contributed by atoms with van der Waals surface area (Å²) in [4.78, 5) is 14.7. The van der Waals surface area contributed by atoms with Gasteiger partial charge < -0.3 is 20.1 Å². The molecule has 6 heteroatoms. The fraction of sp³-hybridized carbons (Fsp3) is 0.696. The van der Waals surface area contributed by atoms with Crippen LogP contribution < -0.4 is 15.4 Å². The van der Waals surface area contributed by atoms with Gasteiger partial charge in [-0.25, -0.2) is 0 Å². The van der Waals surface area contributed by atoms with Crippen molar-refractivity contribution >= 4 is 5.91 Å². The predicted octanol–water partition coefficient (Wildman–Crippen LogP) is 2.28. The van der Waals surface area contributed by atoms with Gasteiger partial charge in [-0.3, -0.25) is 9.69 Å². The monoisotopic (exact) mass is 401 g/mol. The van der Waals surface area contributed by atoms with Crippen LogP contribution in [0.4, 0.5) is 0 Å². The van der Waals surface area contributed by atoms with E-state index >= 15 is 0 Å². The molecule has 1 aromatic rings. The average Bonchev–Trinajstić information content (AvgIpc) is 3.53. The second-order valence-electron chi connectivity index (χ2n) is 8.75. The molecule has 1 aliphatic carbocycles. The minimum Gasteiger partial charge on any atom is -0.494 e. The number of benzene rings is 1. The Bertz CT molecular complexity index is 648. The maximum atomic E-state index is 12.5. The van der Waals surface area contributed by atoms with E-state index in [9.17, 15) is 4.79 Å². The van der Waals surface area contributed by atoms with E-state index in [1.165, 1.54) is 31.4 Å². The van der Waals surface area contributed by atoms with E-state index in [1.54, 1.807) is 0 Å². The third-order valence-corrected chi connectivity index (χ3v) is 6.43. The number of rotatable bonds is 9. The van der Waals surface area contributed by atoms with Gasteiger partial charge in [0.15, 0.2) is 0 Å². The average molecular weight is 402 g/mol. The van der Waals surface area contributed by atoms with Crippen LogP contribution >= 0.6 is 0 Å². The molecule has 4 rings (SSSR count). The molecule has 1 saturated carbocycles. The molecule has 1 amide bonds. The van der Waals surface area contributed by atoms with Crippen molar-refractivity contribution in [1.29, 1.82) is 0 Å². The molecule has 2 heterocycles. The largest absolute Gasteiger partial charge is 0.494 e. The van der Waals surface area contributed by atoms with Gasteiger partial charge in [-0.15, -0.1) is 0 Å². The van der Waals surface area contributed by atoms with Gasteiger partial charge in [0.25, 0.3) is 0 Å². The highest BCUT2D eigenvalue weighted by molar-refractivity contribution is 5.79. The first-order chi connectivity index (χ1) is 14.2. The lowest BCUT2D eigenvalue weighted by Crippen LogP contribution is -2.45. The van der Waals surface area contributed by atoms with Gasteiger partial charge in [0.05, 0.1) is 31.9 Å². The first kappa shape index (κ1) is 20.6. The van der Waals surface area contributed by atoms with E-state index in [4.69, 9.17) is 9.47 Å². The predicted molar refractivity (Wildman–Crippen MR) is 113 cm³/mol. The fourth-order valence-electron chi connectivity index (χ4n) is 4.48. The number of piperidine rings is 1. The smallest absolute Gasteiger partial charge is 0.234 e. The van der Waals surface area contributed by atoms with E-state index < -0.39 is 0 Å². The van der Waals surface area contributed by atoms with Crippen LogP contribution in [0, 0.1) is 5.92 Å². The number of carbonyl (C=O) groups is 1. The van der Waals surface area contributed by atoms with Crippen molar-refractivity contribution in [2.75, 3.05) is 52.5 Å². The normalized spacial score (nSPS) is 24.1. The van der Waals surface area contributed by atoms with Crippen molar-refractivity contribution in [3.8, 4) is 5.75 Å². The molecule has 6 nitrogen and oxygen atoms in total. The Morgan fingerprint density at radius 1 is 1.24 bits per heavy atom. The minimum atomic E-state index is -0.171. The molecule has 0 bridgehead atoms. The lowest BCUT2D eigenvalue weighted by atomic mass is 9.95. The Labute approximate surface area is 174 Å². The molecular weight excluding hydrogens is 366 g/mol. The zero-order valence-electron chi connectivity index (χ0n) is 17.5. The molecule has 0 spiro atoms. The molecule has 160 valence electrons. The summed E-state index contributed by atoms with van der Waals surface area (Å²) in [7, 11) is 0. The maximum Gasteiger partial charge on any atom is 0.234 e. The first-order valence-electron chi connectivity index (χ1n) is 11.3. The second kappa shape index (κ2) is 9.92. The summed E-state index contributed by atoms with van der Waals surface area (Å²) in [6, 6.07) is 8.32. The van der Waals surface area contributed by atoms with Crippen molar-refractivity contribution in [2.24, 2.45) is 5.92 Å². The SMILES string of the molecule is O=C(CN1CCOCC1)NC1(c2ccc(OCCCC3CCCNC3)cc2)CC1. The molecule has 1 atom stereocenters. The molecule has 0 aromatic heterocycles. The van der Waals surface area contributed by atoms with Gasteiger partial charge >= 0.3 is 0 Å². The van der Waals surface area contributed by atoms with Crippen molar-refractivity contribution in [3.05, 3.63) is 29.8 Å². The van der Waals surface area contributed by atoms with E-state index in [1.807, 2.05) is 12.1 Å². The summed E-state index contributed by atoms with van der Waals surface area (Å²) in [6.07, 6.45) is 7.02. The van der Waals surface area contributed by atoms with Crippen molar-refractivity contribution in [3.63, 3.8) is 0 Å².